The molecule has 13 nitrogen and oxygen atoms in total. The number of likely N-dealkylation sites (tertiary alicyclic amines) is 2. The lowest BCUT2D eigenvalue weighted by molar-refractivity contribution is -0.130. The lowest BCUT2D eigenvalue weighted by Gasteiger charge is -2.26. The monoisotopic (exact) mass is 891 g/mol. The number of amides is 2. The third kappa shape index (κ3) is 10.9. The number of methoxy groups -OCH3 is 2. The van der Waals surface area contributed by atoms with Crippen molar-refractivity contribution in [3.63, 3.8) is 0 Å². The molecule has 0 spiro atoms. The number of benzene rings is 3. The average molecular weight is 893 g/mol. The number of ether oxygens (including phenoxy) is 3. The number of pyridine rings is 1. The fourth-order valence-electron chi connectivity index (χ4n) is 7.64. The minimum atomic E-state index is -0.433. The number of fused-ring (bicyclic) bond motifs is 2. The molecule has 324 valence electrons. The second-order valence-corrected chi connectivity index (χ2v) is 16.8. The molecular weight excluding hydrogens is 841 g/mol. The van der Waals surface area contributed by atoms with Crippen LogP contribution in [0, 0.1) is 11.8 Å². The van der Waals surface area contributed by atoms with Gasteiger partial charge in [-0.25, -0.2) is 4.98 Å². The highest BCUT2D eigenvalue weighted by molar-refractivity contribution is 6.38. The summed E-state index contributed by atoms with van der Waals surface area (Å²) < 4.78 is 19.9. The van der Waals surface area contributed by atoms with E-state index in [0.717, 1.165) is 44.4 Å². The van der Waals surface area contributed by atoms with E-state index in [1.807, 2.05) is 106 Å². The van der Waals surface area contributed by atoms with Gasteiger partial charge in [0.2, 0.25) is 17.7 Å². The van der Waals surface area contributed by atoms with Crippen LogP contribution in [-0.4, -0.2) is 90.8 Å². The summed E-state index contributed by atoms with van der Waals surface area (Å²) in [5, 5.41) is 21.5. The summed E-state index contributed by atoms with van der Waals surface area (Å²) >= 11 is 17.9. The Labute approximate surface area is 371 Å². The maximum Gasteiger partial charge on any atom is 0.226 e. The number of hydrogen-bond donors (Lipinski definition) is 1. The van der Waals surface area contributed by atoms with Crippen LogP contribution in [0.5, 0.6) is 17.4 Å². The predicted molar refractivity (Wildman–Crippen MR) is 238 cm³/mol. The molecule has 0 bridgehead atoms. The van der Waals surface area contributed by atoms with Gasteiger partial charge in [0.25, 0.3) is 0 Å². The Morgan fingerprint density at radius 3 is 1.66 bits per heavy atom. The normalized spacial score (nSPS) is 18.3. The van der Waals surface area contributed by atoms with Crippen LogP contribution in [0.4, 0.5) is 0 Å². The van der Waals surface area contributed by atoms with Crippen molar-refractivity contribution in [2.24, 2.45) is 25.9 Å². The van der Waals surface area contributed by atoms with Gasteiger partial charge < -0.3 is 29.1 Å². The van der Waals surface area contributed by atoms with E-state index in [4.69, 9.17) is 49.0 Å². The largest absolute Gasteiger partial charge is 0.497 e. The Balaban J connectivity index is 0.000000170. The summed E-state index contributed by atoms with van der Waals surface area (Å²) in [5.74, 6) is 2.42. The second kappa shape index (κ2) is 19.7. The summed E-state index contributed by atoms with van der Waals surface area (Å²) in [6.07, 6.45) is 3.98. The molecule has 6 aromatic rings. The van der Waals surface area contributed by atoms with Crippen LogP contribution in [0.25, 0.3) is 21.8 Å². The number of aliphatic hydroxyl groups is 1. The molecule has 0 unspecified atom stereocenters. The number of aliphatic hydroxyl groups excluding tert-OH is 1. The summed E-state index contributed by atoms with van der Waals surface area (Å²) in [5.41, 5.74) is 3.72. The van der Waals surface area contributed by atoms with E-state index in [2.05, 4.69) is 15.2 Å². The van der Waals surface area contributed by atoms with Crippen LogP contribution in [0.2, 0.25) is 15.2 Å². The molecule has 0 radical (unpaired) electrons. The highest BCUT2D eigenvalue weighted by Gasteiger charge is 2.38. The first-order valence-electron chi connectivity index (χ1n) is 20.0. The van der Waals surface area contributed by atoms with Gasteiger partial charge >= 0.3 is 0 Å². The Morgan fingerprint density at radius 2 is 1.16 bits per heavy atom. The van der Waals surface area contributed by atoms with Gasteiger partial charge in [-0.3, -0.25) is 19.0 Å². The minimum Gasteiger partial charge on any atom is -0.497 e. The Hall–Kier alpha value is -5.08. The van der Waals surface area contributed by atoms with Crippen LogP contribution in [0.1, 0.15) is 63.7 Å². The fourth-order valence-corrected chi connectivity index (χ4v) is 8.35. The van der Waals surface area contributed by atoms with E-state index < -0.39 is 6.10 Å². The number of nitrogens with zero attached hydrogens (tertiary/aromatic N) is 7. The molecule has 16 heteroatoms. The first kappa shape index (κ1) is 45.4. The van der Waals surface area contributed by atoms with Gasteiger partial charge in [-0.05, 0) is 75.2 Å². The van der Waals surface area contributed by atoms with Crippen molar-refractivity contribution in [1.82, 2.24) is 34.3 Å². The standard InChI is InChI=1S/C22H25ClN4O3.C15H21NO3.C8H6Cl2N2/c1-13(15-5-7-17(29-4)8-6-15)27-11-16(9-21(27)28)14(2)30-22-18-12-26(3)25-19(18)10-20(23)24-22;1-10(12-4-6-14(19-3)7-5-12)16-9-13(11(2)17)8-15(16)18;1-12-4-6-7(10)2-5(9)3-8(6)11-12/h5-8,10,12-14,16H,9,11H2,1-4H3;4-7,10-11,13,17H,8-9H2,1-3H3;2-4H,1H3/t13-,14+,16+;10-,11+,13+;/m00./s1. The summed E-state index contributed by atoms with van der Waals surface area (Å²) in [4.78, 5) is 32.9. The third-order valence-electron chi connectivity index (χ3n) is 11.4. The maximum atomic E-state index is 12.7. The van der Waals surface area contributed by atoms with Gasteiger partial charge in [-0.15, -0.1) is 0 Å². The van der Waals surface area contributed by atoms with Gasteiger partial charge in [0.15, 0.2) is 0 Å². The minimum absolute atomic E-state index is 0.0186. The van der Waals surface area contributed by atoms with Crippen molar-refractivity contribution < 1.29 is 28.9 Å². The van der Waals surface area contributed by atoms with Crippen LogP contribution >= 0.6 is 34.8 Å². The van der Waals surface area contributed by atoms with Crippen LogP contribution < -0.4 is 14.2 Å². The molecule has 1 N–H and O–H groups in total. The Morgan fingerprint density at radius 1 is 0.689 bits per heavy atom. The fraction of sp³-hybridized carbons (Fsp3) is 0.400. The number of carbonyl (C=O) groups is 2. The number of carbonyl (C=O) groups excluding carboxylic acids is 2. The van der Waals surface area contributed by atoms with E-state index in [-0.39, 0.29) is 41.8 Å². The molecule has 2 amide bonds. The maximum absolute atomic E-state index is 12.7. The predicted octanol–water partition coefficient (Wildman–Crippen LogP) is 8.87. The number of halogens is 3. The molecule has 5 heterocycles. The van der Waals surface area contributed by atoms with Crippen molar-refractivity contribution in [2.75, 3.05) is 27.3 Å². The molecule has 61 heavy (non-hydrogen) atoms. The quantitative estimate of drug-likeness (QED) is 0.134. The molecule has 6 atom stereocenters. The van der Waals surface area contributed by atoms with E-state index in [0.29, 0.717) is 47.0 Å². The van der Waals surface area contributed by atoms with E-state index in [9.17, 15) is 14.7 Å². The Bertz CT molecular complexity index is 2460. The SMILES string of the molecule is COc1ccc([C@H](C)N2C[C@H]([C@@H](C)O)CC2=O)cc1.COc1ccc([C@H](C)N2C[C@H]([C@@H](C)Oc3nc(Cl)cc4nn(C)cc34)CC2=O)cc1.Cn1cc2c(Cl)cc(Cl)cc2n1. The highest BCUT2D eigenvalue weighted by Crippen LogP contribution is 2.34. The first-order valence-corrected chi connectivity index (χ1v) is 21.2. The zero-order chi connectivity index (χ0) is 44.1. The van der Waals surface area contributed by atoms with Crippen molar-refractivity contribution in [2.45, 2.75) is 64.8 Å². The lowest BCUT2D eigenvalue weighted by Crippen LogP contribution is -2.31. The van der Waals surface area contributed by atoms with Crippen LogP contribution in [-0.2, 0) is 23.7 Å². The van der Waals surface area contributed by atoms with Crippen LogP contribution in [0.15, 0.2) is 79.1 Å². The second-order valence-electron chi connectivity index (χ2n) is 15.6. The van der Waals surface area contributed by atoms with Gasteiger partial charge in [0.05, 0.1) is 48.3 Å². The molecule has 2 saturated heterocycles. The van der Waals surface area contributed by atoms with Crippen molar-refractivity contribution in [3.8, 4) is 17.4 Å². The number of rotatable bonds is 10. The van der Waals surface area contributed by atoms with E-state index in [1.54, 1.807) is 48.7 Å². The highest BCUT2D eigenvalue weighted by atomic mass is 35.5. The van der Waals surface area contributed by atoms with E-state index >= 15 is 0 Å². The molecule has 0 saturated carbocycles. The molecule has 3 aromatic carbocycles. The van der Waals surface area contributed by atoms with Gasteiger partial charge in [0.1, 0.15) is 28.3 Å². The van der Waals surface area contributed by atoms with Gasteiger partial charge in [-0.1, -0.05) is 59.1 Å². The van der Waals surface area contributed by atoms with Gasteiger partial charge in [-0.2, -0.15) is 10.2 Å². The van der Waals surface area contributed by atoms with Crippen molar-refractivity contribution in [3.05, 3.63) is 105 Å². The molecular formula is C45H52Cl3N7O6. The topological polar surface area (TPSA) is 137 Å². The first-order chi connectivity index (χ1) is 29.0. The number of aromatic nitrogens is 5. The van der Waals surface area contributed by atoms with Crippen LogP contribution in [0.3, 0.4) is 0 Å². The third-order valence-corrected chi connectivity index (χ3v) is 12.1. The average Bonchev–Trinajstić information content (AvgIpc) is 4.02. The summed E-state index contributed by atoms with van der Waals surface area (Å²) in [6.45, 7) is 9.05. The van der Waals surface area contributed by atoms with Crippen molar-refractivity contribution >= 4 is 68.4 Å². The molecule has 2 aliphatic heterocycles. The van der Waals surface area contributed by atoms with Gasteiger partial charge in [0, 0.05) is 80.7 Å². The number of aryl methyl sites for hydroxylation is 2. The Kier molecular flexibility index (Phi) is 14.7. The van der Waals surface area contributed by atoms with E-state index in [1.165, 1.54) is 0 Å². The smallest absolute Gasteiger partial charge is 0.226 e. The molecule has 0 aliphatic carbocycles. The molecule has 2 aliphatic rings. The molecule has 8 rings (SSSR count). The zero-order valence-electron chi connectivity index (χ0n) is 35.6. The lowest BCUT2D eigenvalue weighted by atomic mass is 10.0. The summed E-state index contributed by atoms with van der Waals surface area (Å²) in [6, 6.07) is 20.8. The summed E-state index contributed by atoms with van der Waals surface area (Å²) in [7, 11) is 6.97. The van der Waals surface area contributed by atoms with Crippen molar-refractivity contribution in [1.29, 1.82) is 0 Å². The number of hydrogen-bond acceptors (Lipinski definition) is 9. The zero-order valence-corrected chi connectivity index (χ0v) is 37.8. The molecule has 2 fully saturated rings. The molecule has 3 aromatic heterocycles.